The van der Waals surface area contributed by atoms with E-state index in [-0.39, 0.29) is 17.0 Å². The van der Waals surface area contributed by atoms with E-state index >= 15 is 0 Å². The number of nitrogens with one attached hydrogen (secondary N) is 1. The Morgan fingerprint density at radius 1 is 1.64 bits per heavy atom. The Balaban J connectivity index is 3.39. The van der Waals surface area contributed by atoms with Crippen molar-refractivity contribution in [1.82, 2.24) is 4.98 Å². The van der Waals surface area contributed by atoms with Crippen molar-refractivity contribution < 1.29 is 8.78 Å². The maximum Gasteiger partial charge on any atom is 0.267 e. The van der Waals surface area contributed by atoms with Crippen molar-refractivity contribution in [1.29, 1.82) is 5.26 Å². The molecule has 3 nitrogen and oxygen atoms in total. The van der Waals surface area contributed by atoms with Crippen LogP contribution in [0.4, 0.5) is 8.78 Å². The molecule has 1 N–H and O–H groups in total. The number of aromatic amines is 1. The minimum Gasteiger partial charge on any atom is -0.327 e. The van der Waals surface area contributed by atoms with Gasteiger partial charge in [-0.15, -0.1) is 0 Å². The fraction of sp³-hybridized carbons (Fsp3) is 0.250. The van der Waals surface area contributed by atoms with E-state index in [2.05, 4.69) is 4.98 Å². The van der Waals surface area contributed by atoms with Crippen molar-refractivity contribution in [3.63, 3.8) is 0 Å². The Hall–Kier alpha value is -1.41. The third-order valence-electron chi connectivity index (χ3n) is 1.66. The third-order valence-corrected chi connectivity index (χ3v) is 2.06. The number of hydrogen-bond donors (Lipinski definition) is 1. The Labute approximate surface area is 82.9 Å². The van der Waals surface area contributed by atoms with Gasteiger partial charge in [-0.2, -0.15) is 5.26 Å². The Morgan fingerprint density at radius 2 is 2.29 bits per heavy atom. The summed E-state index contributed by atoms with van der Waals surface area (Å²) in [6, 6.07) is 1.68. The van der Waals surface area contributed by atoms with Crippen LogP contribution in [-0.2, 0) is 6.42 Å². The molecule has 0 bridgehead atoms. The number of halogens is 3. The highest BCUT2D eigenvalue weighted by atomic mass is 35.5. The van der Waals surface area contributed by atoms with Gasteiger partial charge in [0.15, 0.2) is 0 Å². The molecule has 0 aliphatic heterocycles. The van der Waals surface area contributed by atoms with Gasteiger partial charge in [-0.05, 0) is 0 Å². The van der Waals surface area contributed by atoms with Crippen LogP contribution in [0.25, 0.3) is 0 Å². The van der Waals surface area contributed by atoms with Crippen LogP contribution >= 0.6 is 11.6 Å². The van der Waals surface area contributed by atoms with Gasteiger partial charge in [0.05, 0.1) is 12.5 Å². The van der Waals surface area contributed by atoms with Crippen LogP contribution in [-0.4, -0.2) is 4.98 Å². The average molecular weight is 219 g/mol. The van der Waals surface area contributed by atoms with Crippen LogP contribution in [0.15, 0.2) is 11.0 Å². The van der Waals surface area contributed by atoms with Crippen molar-refractivity contribution in [2.75, 3.05) is 0 Å². The summed E-state index contributed by atoms with van der Waals surface area (Å²) in [6.07, 6.45) is -2.18. The summed E-state index contributed by atoms with van der Waals surface area (Å²) in [5, 5.41) is 8.03. The van der Waals surface area contributed by atoms with Crippen LogP contribution in [0.1, 0.15) is 17.6 Å². The molecule has 74 valence electrons. The van der Waals surface area contributed by atoms with Gasteiger partial charge in [0.1, 0.15) is 5.02 Å². The molecule has 14 heavy (non-hydrogen) atoms. The second-order valence-electron chi connectivity index (χ2n) is 2.50. The predicted molar refractivity (Wildman–Crippen MR) is 46.3 cm³/mol. The van der Waals surface area contributed by atoms with Gasteiger partial charge in [-0.1, -0.05) is 11.6 Å². The summed E-state index contributed by atoms with van der Waals surface area (Å²) >= 11 is 5.49. The van der Waals surface area contributed by atoms with E-state index in [1.54, 1.807) is 6.07 Å². The van der Waals surface area contributed by atoms with Crippen LogP contribution in [0.5, 0.6) is 0 Å². The molecule has 0 aliphatic rings. The van der Waals surface area contributed by atoms with Gasteiger partial charge in [0.2, 0.25) is 0 Å². The number of pyridine rings is 1. The lowest BCUT2D eigenvalue weighted by Crippen LogP contribution is -2.11. The predicted octanol–water partition coefficient (Wildman–Crippen LogP) is 2.03. The van der Waals surface area contributed by atoms with E-state index in [1.165, 1.54) is 0 Å². The fourth-order valence-corrected chi connectivity index (χ4v) is 1.24. The first-order chi connectivity index (χ1) is 6.57. The van der Waals surface area contributed by atoms with Gasteiger partial charge in [0.25, 0.3) is 12.0 Å². The number of nitrogens with zero attached hydrogens (tertiary/aromatic N) is 1. The molecule has 1 heterocycles. The summed E-state index contributed by atoms with van der Waals surface area (Å²) in [5.41, 5.74) is -1.18. The highest BCUT2D eigenvalue weighted by molar-refractivity contribution is 6.31. The van der Waals surface area contributed by atoms with E-state index in [0.717, 1.165) is 6.20 Å². The number of alkyl halides is 2. The van der Waals surface area contributed by atoms with Crippen LogP contribution in [0.3, 0.4) is 0 Å². The lowest BCUT2D eigenvalue weighted by atomic mass is 10.1. The molecule has 0 spiro atoms. The molecular formula is C8H5ClF2N2O. The van der Waals surface area contributed by atoms with Crippen LogP contribution in [0.2, 0.25) is 5.02 Å². The maximum atomic E-state index is 12.4. The van der Waals surface area contributed by atoms with E-state index in [4.69, 9.17) is 16.9 Å². The molecule has 0 atom stereocenters. The molecule has 0 unspecified atom stereocenters. The smallest absolute Gasteiger partial charge is 0.267 e. The van der Waals surface area contributed by atoms with Gasteiger partial charge in [0, 0.05) is 17.3 Å². The standard InChI is InChI=1S/C8H5ClF2N2O/c9-6-4(1-2-12)5(7(10)11)3-13-8(6)14/h3,7H,1H2,(H,13,14). The topological polar surface area (TPSA) is 56.6 Å². The lowest BCUT2D eigenvalue weighted by molar-refractivity contribution is 0.150. The normalized spacial score (nSPS) is 10.2. The number of nitriles is 1. The fourth-order valence-electron chi connectivity index (χ4n) is 1.01. The monoisotopic (exact) mass is 218 g/mol. The molecule has 6 heteroatoms. The molecule has 1 aromatic rings. The maximum absolute atomic E-state index is 12.4. The first-order valence-corrected chi connectivity index (χ1v) is 4.00. The minimum absolute atomic E-state index is 0.104. The van der Waals surface area contributed by atoms with E-state index in [0.29, 0.717) is 0 Å². The summed E-state index contributed by atoms with van der Waals surface area (Å²) < 4.78 is 24.7. The molecular weight excluding hydrogens is 214 g/mol. The van der Waals surface area contributed by atoms with Crippen molar-refractivity contribution in [3.05, 3.63) is 32.7 Å². The molecule has 1 aromatic heterocycles. The SMILES string of the molecule is N#CCc1c(C(F)F)c[nH]c(=O)c1Cl. The number of rotatable bonds is 2. The summed E-state index contributed by atoms with van der Waals surface area (Å²) in [5.74, 6) is 0. The quantitative estimate of drug-likeness (QED) is 0.826. The number of aromatic nitrogens is 1. The largest absolute Gasteiger partial charge is 0.327 e. The molecule has 0 saturated heterocycles. The van der Waals surface area contributed by atoms with Gasteiger partial charge >= 0.3 is 0 Å². The zero-order chi connectivity index (χ0) is 10.7. The van der Waals surface area contributed by atoms with E-state index < -0.39 is 17.5 Å². The van der Waals surface area contributed by atoms with E-state index in [9.17, 15) is 13.6 Å². The van der Waals surface area contributed by atoms with Gasteiger partial charge < -0.3 is 4.98 Å². The second kappa shape index (κ2) is 4.20. The van der Waals surface area contributed by atoms with Crippen molar-refractivity contribution in [2.45, 2.75) is 12.8 Å². The highest BCUT2D eigenvalue weighted by Gasteiger charge is 2.17. The zero-order valence-electron chi connectivity index (χ0n) is 6.85. The Morgan fingerprint density at radius 3 is 2.79 bits per heavy atom. The van der Waals surface area contributed by atoms with Crippen molar-refractivity contribution in [3.8, 4) is 6.07 Å². The Kier molecular flexibility index (Phi) is 3.20. The third kappa shape index (κ3) is 1.91. The molecule has 0 saturated carbocycles. The molecule has 0 amide bonds. The minimum atomic E-state index is -2.76. The lowest BCUT2D eigenvalue weighted by Gasteiger charge is -2.06. The molecule has 0 radical (unpaired) electrons. The molecule has 1 rings (SSSR count). The summed E-state index contributed by atoms with van der Waals surface area (Å²) in [6.45, 7) is 0. The molecule has 0 fully saturated rings. The summed E-state index contributed by atoms with van der Waals surface area (Å²) in [4.78, 5) is 13.0. The first-order valence-electron chi connectivity index (χ1n) is 3.63. The Bertz CT molecular complexity index is 436. The zero-order valence-corrected chi connectivity index (χ0v) is 7.61. The van der Waals surface area contributed by atoms with Gasteiger partial charge in [-0.25, -0.2) is 8.78 Å². The first kappa shape index (κ1) is 10.7. The number of H-pyrrole nitrogens is 1. The van der Waals surface area contributed by atoms with Gasteiger partial charge in [-0.3, -0.25) is 4.79 Å². The molecule has 0 aromatic carbocycles. The second-order valence-corrected chi connectivity index (χ2v) is 2.88. The van der Waals surface area contributed by atoms with Crippen LogP contribution < -0.4 is 5.56 Å². The molecule has 0 aliphatic carbocycles. The van der Waals surface area contributed by atoms with Crippen molar-refractivity contribution in [2.24, 2.45) is 0 Å². The highest BCUT2D eigenvalue weighted by Crippen LogP contribution is 2.25. The van der Waals surface area contributed by atoms with Crippen LogP contribution in [0, 0.1) is 11.3 Å². The van der Waals surface area contributed by atoms with Crippen molar-refractivity contribution >= 4 is 11.6 Å². The summed E-state index contributed by atoms with van der Waals surface area (Å²) in [7, 11) is 0. The van der Waals surface area contributed by atoms with E-state index in [1.807, 2.05) is 0 Å². The average Bonchev–Trinajstić information content (AvgIpc) is 2.13. The number of hydrogen-bond acceptors (Lipinski definition) is 2.